The first kappa shape index (κ1) is 45.2. The molecule has 0 aromatic rings. The molecule has 0 spiro atoms. The summed E-state index contributed by atoms with van der Waals surface area (Å²) in [5, 5.41) is 13.7. The summed E-state index contributed by atoms with van der Waals surface area (Å²) in [5.41, 5.74) is 0. The Morgan fingerprint density at radius 2 is 1.20 bits per heavy atom. The van der Waals surface area contributed by atoms with E-state index in [0.717, 1.165) is 44.9 Å². The molecule has 0 heterocycles. The van der Waals surface area contributed by atoms with Crippen LogP contribution >= 0.6 is 7.82 Å². The molecule has 274 valence electrons. The van der Waals surface area contributed by atoms with E-state index >= 15 is 0 Å². The van der Waals surface area contributed by atoms with Crippen LogP contribution in [0.15, 0.2) is 12.2 Å². The van der Waals surface area contributed by atoms with E-state index in [1.54, 1.807) is 0 Å². The lowest BCUT2D eigenvalue weighted by molar-refractivity contribution is -0.870. The number of unbranched alkanes of at least 4 members (excludes halogenated alkanes) is 19. The van der Waals surface area contributed by atoms with Crippen molar-refractivity contribution in [2.75, 3.05) is 40.9 Å². The number of quaternary nitrogens is 1. The van der Waals surface area contributed by atoms with Crippen LogP contribution in [0.2, 0.25) is 0 Å². The molecule has 0 fully saturated rings. The summed E-state index contributed by atoms with van der Waals surface area (Å²) in [5.74, 6) is -0.182. The minimum Gasteiger partial charge on any atom is -0.756 e. The van der Waals surface area contributed by atoms with Crippen molar-refractivity contribution in [3.8, 4) is 0 Å². The number of carbonyl (C=O) groups excluding carboxylic acids is 1. The third-order valence-corrected chi connectivity index (χ3v) is 9.47. The van der Waals surface area contributed by atoms with Gasteiger partial charge in [-0.05, 0) is 38.5 Å². The van der Waals surface area contributed by atoms with Crippen molar-refractivity contribution in [1.82, 2.24) is 5.32 Å². The van der Waals surface area contributed by atoms with Gasteiger partial charge in [-0.2, -0.15) is 0 Å². The van der Waals surface area contributed by atoms with E-state index in [9.17, 15) is 19.4 Å². The van der Waals surface area contributed by atoms with E-state index in [1.165, 1.54) is 96.3 Å². The first-order valence-electron chi connectivity index (χ1n) is 19.0. The fraction of sp³-hybridized carbons (Fsp3) is 0.919. The first-order chi connectivity index (χ1) is 22.0. The van der Waals surface area contributed by atoms with E-state index in [2.05, 4.69) is 31.3 Å². The van der Waals surface area contributed by atoms with Gasteiger partial charge in [-0.25, -0.2) is 0 Å². The van der Waals surface area contributed by atoms with Crippen molar-refractivity contribution in [2.45, 2.75) is 180 Å². The molecule has 2 N–H and O–H groups in total. The van der Waals surface area contributed by atoms with Crippen LogP contribution in [-0.2, 0) is 18.4 Å². The number of aliphatic hydroxyl groups is 1. The molecule has 0 aromatic carbocycles. The first-order valence-corrected chi connectivity index (χ1v) is 20.5. The number of amides is 1. The van der Waals surface area contributed by atoms with Crippen molar-refractivity contribution >= 4 is 13.7 Å². The van der Waals surface area contributed by atoms with Gasteiger partial charge in [0.1, 0.15) is 13.2 Å². The molecular formula is C37H75N2O6P. The van der Waals surface area contributed by atoms with Gasteiger partial charge >= 0.3 is 0 Å². The fourth-order valence-electron chi connectivity index (χ4n) is 5.38. The lowest BCUT2D eigenvalue weighted by Gasteiger charge is -2.30. The van der Waals surface area contributed by atoms with Crippen LogP contribution in [0.1, 0.15) is 168 Å². The molecule has 0 saturated heterocycles. The third kappa shape index (κ3) is 31.8. The lowest BCUT2D eigenvalue weighted by Crippen LogP contribution is -2.46. The number of likely N-dealkylation sites (N-methyl/N-ethyl adjacent to an activating group) is 1. The van der Waals surface area contributed by atoms with Crippen molar-refractivity contribution in [2.24, 2.45) is 0 Å². The predicted molar refractivity (Wildman–Crippen MR) is 192 cm³/mol. The molecule has 1 amide bonds. The Morgan fingerprint density at radius 1 is 0.739 bits per heavy atom. The Bertz CT molecular complexity index is 773. The monoisotopic (exact) mass is 675 g/mol. The second kappa shape index (κ2) is 30.3. The number of rotatable bonds is 34. The number of nitrogens with zero attached hydrogens (tertiary/aromatic N) is 1. The number of hydrogen-bond acceptors (Lipinski definition) is 6. The van der Waals surface area contributed by atoms with Crippen molar-refractivity contribution < 1.29 is 32.9 Å². The quantitative estimate of drug-likeness (QED) is 0.0305. The van der Waals surface area contributed by atoms with Gasteiger partial charge in [0.05, 0.1) is 39.9 Å². The fourth-order valence-corrected chi connectivity index (χ4v) is 6.11. The number of nitrogens with one attached hydrogen (secondary N) is 1. The highest BCUT2D eigenvalue weighted by Crippen LogP contribution is 2.38. The van der Waals surface area contributed by atoms with Gasteiger partial charge in [0, 0.05) is 6.42 Å². The summed E-state index contributed by atoms with van der Waals surface area (Å²) in [7, 11) is 1.29. The predicted octanol–water partition coefficient (Wildman–Crippen LogP) is 9.00. The highest BCUT2D eigenvalue weighted by atomic mass is 31.2. The minimum absolute atomic E-state index is 0.00881. The number of aliphatic hydroxyl groups excluding tert-OH is 1. The molecule has 9 heteroatoms. The zero-order valence-corrected chi connectivity index (χ0v) is 31.7. The summed E-state index contributed by atoms with van der Waals surface area (Å²) in [6.45, 7) is 4.63. The molecule has 0 aromatic heterocycles. The van der Waals surface area contributed by atoms with Gasteiger partial charge in [0.15, 0.2) is 0 Å². The number of phosphoric ester groups is 1. The SMILES string of the molecule is CCCCCCCCCCCCC/C=C/CCCC[C@H](O)[C@@H](COP(=O)([O-])OCC[N+](C)(C)C)NC(=O)CCCCCCCCC. The Kier molecular flexibility index (Phi) is 29.8. The summed E-state index contributed by atoms with van der Waals surface area (Å²) in [4.78, 5) is 25.0. The minimum atomic E-state index is -4.55. The van der Waals surface area contributed by atoms with Crippen LogP contribution in [-0.4, -0.2) is 68.5 Å². The van der Waals surface area contributed by atoms with E-state index < -0.39 is 20.0 Å². The molecule has 0 aliphatic rings. The third-order valence-electron chi connectivity index (χ3n) is 8.50. The zero-order chi connectivity index (χ0) is 34.4. The Balaban J connectivity index is 4.40. The maximum absolute atomic E-state index is 12.7. The lowest BCUT2D eigenvalue weighted by atomic mass is 10.0. The molecule has 46 heavy (non-hydrogen) atoms. The average Bonchev–Trinajstić information content (AvgIpc) is 2.99. The Morgan fingerprint density at radius 3 is 1.70 bits per heavy atom. The largest absolute Gasteiger partial charge is 0.756 e. The molecule has 3 atom stereocenters. The highest BCUT2D eigenvalue weighted by Gasteiger charge is 2.24. The summed E-state index contributed by atoms with van der Waals surface area (Å²) < 4.78 is 23.1. The van der Waals surface area contributed by atoms with Gasteiger partial charge in [-0.3, -0.25) is 9.36 Å². The number of allylic oxidation sites excluding steroid dienone is 2. The van der Waals surface area contributed by atoms with Crippen LogP contribution in [0, 0.1) is 0 Å². The number of hydrogen-bond donors (Lipinski definition) is 2. The van der Waals surface area contributed by atoms with Crippen LogP contribution in [0.25, 0.3) is 0 Å². The van der Waals surface area contributed by atoms with E-state index in [1.807, 2.05) is 21.1 Å². The number of phosphoric acid groups is 1. The molecule has 0 aliphatic carbocycles. The molecule has 0 saturated carbocycles. The normalized spacial score (nSPS) is 14.8. The summed E-state index contributed by atoms with van der Waals surface area (Å²) in [6.07, 6.45) is 30.9. The summed E-state index contributed by atoms with van der Waals surface area (Å²) in [6, 6.07) is -0.807. The standard InChI is InChI=1S/C37H75N2O6P/c1-6-8-10-12-14-15-16-17-18-19-20-21-22-23-25-26-28-30-36(40)35(34-45-46(42,43)44-33-32-39(3,4)5)38-37(41)31-29-27-24-13-11-9-7-2/h22-23,35-36,40H,6-21,24-34H2,1-5H3,(H-,38,41,42,43)/b23-22+/t35-,36+/m1/s1. The highest BCUT2D eigenvalue weighted by molar-refractivity contribution is 7.45. The molecule has 0 aliphatic heterocycles. The van der Waals surface area contributed by atoms with Gasteiger partial charge in [-0.1, -0.05) is 135 Å². The molecular weight excluding hydrogens is 599 g/mol. The van der Waals surface area contributed by atoms with Crippen molar-refractivity contribution in [3.05, 3.63) is 12.2 Å². The van der Waals surface area contributed by atoms with Gasteiger partial charge < -0.3 is 28.8 Å². The number of carbonyl (C=O) groups is 1. The molecule has 8 nitrogen and oxygen atoms in total. The van der Waals surface area contributed by atoms with Crippen molar-refractivity contribution in [1.29, 1.82) is 0 Å². The second-order valence-corrected chi connectivity index (χ2v) is 15.7. The van der Waals surface area contributed by atoms with Crippen molar-refractivity contribution in [3.63, 3.8) is 0 Å². The smallest absolute Gasteiger partial charge is 0.268 e. The average molecular weight is 675 g/mol. The van der Waals surface area contributed by atoms with Gasteiger partial charge in [0.25, 0.3) is 7.82 Å². The van der Waals surface area contributed by atoms with Crippen LogP contribution in [0.5, 0.6) is 0 Å². The van der Waals surface area contributed by atoms with E-state index in [4.69, 9.17) is 9.05 Å². The molecule has 1 unspecified atom stereocenters. The maximum atomic E-state index is 12.7. The van der Waals surface area contributed by atoms with Crippen LogP contribution < -0.4 is 10.2 Å². The van der Waals surface area contributed by atoms with Crippen LogP contribution in [0.3, 0.4) is 0 Å². The molecule has 0 radical (unpaired) electrons. The molecule has 0 bridgehead atoms. The van der Waals surface area contributed by atoms with Gasteiger partial charge in [0.2, 0.25) is 5.91 Å². The summed E-state index contributed by atoms with van der Waals surface area (Å²) >= 11 is 0. The Labute approximate surface area is 284 Å². The zero-order valence-electron chi connectivity index (χ0n) is 30.8. The van der Waals surface area contributed by atoms with E-state index in [0.29, 0.717) is 23.9 Å². The van der Waals surface area contributed by atoms with Gasteiger partial charge in [-0.15, -0.1) is 0 Å². The Hall–Kier alpha value is -0.760. The molecule has 0 rings (SSSR count). The second-order valence-electron chi connectivity index (χ2n) is 14.3. The topological polar surface area (TPSA) is 108 Å². The van der Waals surface area contributed by atoms with E-state index in [-0.39, 0.29) is 19.1 Å². The van der Waals surface area contributed by atoms with Crippen LogP contribution in [0.4, 0.5) is 0 Å². The maximum Gasteiger partial charge on any atom is 0.268 e.